The molecule has 1 atom stereocenters. The number of carbonyl (C=O) groups is 1. The summed E-state index contributed by atoms with van der Waals surface area (Å²) in [5, 5.41) is 9.35. The number of amides is 1. The average Bonchev–Trinajstić information content (AvgIpc) is 2.88. The van der Waals surface area contributed by atoms with E-state index in [1.807, 2.05) is 6.92 Å². The van der Waals surface area contributed by atoms with Gasteiger partial charge in [-0.1, -0.05) is 6.92 Å². The van der Waals surface area contributed by atoms with Crippen LogP contribution in [0.15, 0.2) is 6.07 Å². The first-order valence-electron chi connectivity index (χ1n) is 7.65. The zero-order valence-corrected chi connectivity index (χ0v) is 14.1. The largest absolute Gasteiger partial charge is 0.433 e. The van der Waals surface area contributed by atoms with Gasteiger partial charge in [0.15, 0.2) is 0 Å². The summed E-state index contributed by atoms with van der Waals surface area (Å²) in [5.41, 5.74) is 0. The molecule has 1 aliphatic rings. The standard InChI is InChI=1S/C15H22F2N2O3S/c1-3-11(9-20)18-4-6-19(7-5-18)14(21)13-12(22-15(16)17)8-10(2)23-13/h8,11,15,20H,3-7,9H2,1-2H3. The number of halogens is 2. The van der Waals surface area contributed by atoms with Gasteiger partial charge in [0.25, 0.3) is 5.91 Å². The number of rotatable bonds is 6. The van der Waals surface area contributed by atoms with Crippen molar-refractivity contribution in [1.82, 2.24) is 9.80 Å². The summed E-state index contributed by atoms with van der Waals surface area (Å²) < 4.78 is 29.4. The van der Waals surface area contributed by atoms with Gasteiger partial charge in [-0.3, -0.25) is 9.69 Å². The van der Waals surface area contributed by atoms with Crippen molar-refractivity contribution in [2.45, 2.75) is 32.9 Å². The molecule has 1 N–H and O–H groups in total. The number of piperazine rings is 1. The summed E-state index contributed by atoms with van der Waals surface area (Å²) >= 11 is 1.17. The normalized spacial score (nSPS) is 17.6. The third-order valence-electron chi connectivity index (χ3n) is 4.03. The number of ether oxygens (including phenoxy) is 1. The van der Waals surface area contributed by atoms with Gasteiger partial charge < -0.3 is 14.7 Å². The van der Waals surface area contributed by atoms with E-state index in [0.717, 1.165) is 11.3 Å². The fourth-order valence-electron chi connectivity index (χ4n) is 2.76. The van der Waals surface area contributed by atoms with Crippen LogP contribution < -0.4 is 4.74 Å². The Bertz CT molecular complexity index is 527. The van der Waals surface area contributed by atoms with E-state index in [0.29, 0.717) is 26.2 Å². The molecule has 8 heteroatoms. The van der Waals surface area contributed by atoms with Crippen LogP contribution in [0.3, 0.4) is 0 Å². The van der Waals surface area contributed by atoms with E-state index in [1.165, 1.54) is 17.4 Å². The fourth-order valence-corrected chi connectivity index (χ4v) is 3.67. The Labute approximate surface area is 138 Å². The van der Waals surface area contributed by atoms with E-state index in [1.54, 1.807) is 11.8 Å². The number of thiophene rings is 1. The quantitative estimate of drug-likeness (QED) is 0.856. The van der Waals surface area contributed by atoms with Crippen molar-refractivity contribution in [3.05, 3.63) is 15.8 Å². The van der Waals surface area contributed by atoms with E-state index >= 15 is 0 Å². The predicted molar refractivity (Wildman–Crippen MR) is 84.3 cm³/mol. The molecule has 0 bridgehead atoms. The first kappa shape index (κ1) is 18.1. The maximum atomic E-state index is 12.6. The zero-order valence-electron chi connectivity index (χ0n) is 13.3. The van der Waals surface area contributed by atoms with Crippen LogP contribution in [-0.2, 0) is 0 Å². The molecule has 1 fully saturated rings. The Morgan fingerprint density at radius 1 is 1.39 bits per heavy atom. The molecule has 0 aliphatic carbocycles. The topological polar surface area (TPSA) is 53.0 Å². The van der Waals surface area contributed by atoms with Crippen LogP contribution in [0.1, 0.15) is 27.9 Å². The van der Waals surface area contributed by atoms with Crippen LogP contribution in [0.5, 0.6) is 5.75 Å². The lowest BCUT2D eigenvalue weighted by Gasteiger charge is -2.38. The van der Waals surface area contributed by atoms with Crippen molar-refractivity contribution in [2.24, 2.45) is 0 Å². The first-order chi connectivity index (χ1) is 11.0. The van der Waals surface area contributed by atoms with Gasteiger partial charge in [0.1, 0.15) is 10.6 Å². The molecule has 23 heavy (non-hydrogen) atoms. The van der Waals surface area contributed by atoms with Crippen molar-refractivity contribution >= 4 is 17.2 Å². The monoisotopic (exact) mass is 348 g/mol. The number of carbonyl (C=O) groups excluding carboxylic acids is 1. The van der Waals surface area contributed by atoms with Crippen LogP contribution in [0.25, 0.3) is 0 Å². The van der Waals surface area contributed by atoms with Crippen LogP contribution in [0.2, 0.25) is 0 Å². The minimum absolute atomic E-state index is 0.0447. The summed E-state index contributed by atoms with van der Waals surface area (Å²) in [4.78, 5) is 17.4. The number of aliphatic hydroxyl groups excluding tert-OH is 1. The molecule has 1 aromatic rings. The van der Waals surface area contributed by atoms with Crippen molar-refractivity contribution in [1.29, 1.82) is 0 Å². The lowest BCUT2D eigenvalue weighted by Crippen LogP contribution is -2.52. The Balaban J connectivity index is 2.03. The van der Waals surface area contributed by atoms with Gasteiger partial charge >= 0.3 is 6.61 Å². The van der Waals surface area contributed by atoms with Crippen LogP contribution >= 0.6 is 11.3 Å². The molecule has 0 radical (unpaired) electrons. The molecule has 1 aromatic heterocycles. The molecule has 1 unspecified atom stereocenters. The Morgan fingerprint density at radius 2 is 2.04 bits per heavy atom. The Morgan fingerprint density at radius 3 is 2.57 bits per heavy atom. The van der Waals surface area contributed by atoms with Crippen molar-refractivity contribution in [3.8, 4) is 5.75 Å². The summed E-state index contributed by atoms with van der Waals surface area (Å²) in [6.07, 6.45) is 0.848. The van der Waals surface area contributed by atoms with Gasteiger partial charge in [0.2, 0.25) is 0 Å². The molecule has 2 heterocycles. The van der Waals surface area contributed by atoms with Crippen LogP contribution in [0, 0.1) is 6.92 Å². The fraction of sp³-hybridized carbons (Fsp3) is 0.667. The molecule has 0 aromatic carbocycles. The molecular weight excluding hydrogens is 326 g/mol. The molecule has 1 aliphatic heterocycles. The first-order valence-corrected chi connectivity index (χ1v) is 8.47. The van der Waals surface area contributed by atoms with E-state index < -0.39 is 6.61 Å². The number of hydrogen-bond donors (Lipinski definition) is 1. The van der Waals surface area contributed by atoms with E-state index in [9.17, 15) is 18.7 Å². The van der Waals surface area contributed by atoms with Gasteiger partial charge in [-0.25, -0.2) is 0 Å². The highest BCUT2D eigenvalue weighted by Crippen LogP contribution is 2.31. The summed E-state index contributed by atoms with van der Waals surface area (Å²) in [7, 11) is 0. The highest BCUT2D eigenvalue weighted by atomic mass is 32.1. The molecule has 130 valence electrons. The zero-order chi connectivity index (χ0) is 17.0. The molecular formula is C15H22F2N2O3S. The van der Waals surface area contributed by atoms with Gasteiger partial charge in [-0.05, 0) is 19.4 Å². The van der Waals surface area contributed by atoms with Gasteiger partial charge in [0.05, 0.1) is 6.61 Å². The number of aliphatic hydroxyl groups is 1. The smallest absolute Gasteiger partial charge is 0.387 e. The number of nitrogens with zero attached hydrogens (tertiary/aromatic N) is 2. The maximum Gasteiger partial charge on any atom is 0.387 e. The van der Waals surface area contributed by atoms with Crippen molar-refractivity contribution in [3.63, 3.8) is 0 Å². The van der Waals surface area contributed by atoms with Crippen LogP contribution in [-0.4, -0.2) is 66.3 Å². The molecule has 2 rings (SSSR count). The van der Waals surface area contributed by atoms with Gasteiger partial charge in [-0.15, -0.1) is 11.3 Å². The Kier molecular flexibility index (Phi) is 6.32. The molecule has 0 spiro atoms. The van der Waals surface area contributed by atoms with Crippen molar-refractivity contribution < 1.29 is 23.4 Å². The Hall–Kier alpha value is -1.25. The summed E-state index contributed by atoms with van der Waals surface area (Å²) in [6.45, 7) is 3.29. The number of aryl methyl sites for hydroxylation is 1. The molecule has 1 amide bonds. The predicted octanol–water partition coefficient (Wildman–Crippen LogP) is 2.19. The van der Waals surface area contributed by atoms with E-state index in [2.05, 4.69) is 9.64 Å². The summed E-state index contributed by atoms with van der Waals surface area (Å²) in [6, 6.07) is 1.58. The SMILES string of the molecule is CCC(CO)N1CCN(C(=O)c2sc(C)cc2OC(F)F)CC1. The van der Waals surface area contributed by atoms with Crippen molar-refractivity contribution in [2.75, 3.05) is 32.8 Å². The highest BCUT2D eigenvalue weighted by Gasteiger charge is 2.28. The second kappa shape index (κ2) is 8.03. The minimum atomic E-state index is -2.94. The third-order valence-corrected chi connectivity index (χ3v) is 5.05. The van der Waals surface area contributed by atoms with Crippen LogP contribution in [0.4, 0.5) is 8.78 Å². The molecule has 0 saturated carbocycles. The number of alkyl halides is 2. The van der Waals surface area contributed by atoms with E-state index in [-0.39, 0.29) is 29.2 Å². The highest BCUT2D eigenvalue weighted by molar-refractivity contribution is 7.14. The van der Waals surface area contributed by atoms with Gasteiger partial charge in [0, 0.05) is 37.1 Å². The lowest BCUT2D eigenvalue weighted by atomic mass is 10.1. The average molecular weight is 348 g/mol. The second-order valence-corrected chi connectivity index (χ2v) is 6.76. The van der Waals surface area contributed by atoms with E-state index in [4.69, 9.17) is 0 Å². The molecule has 5 nitrogen and oxygen atoms in total. The second-order valence-electron chi connectivity index (χ2n) is 5.50. The lowest BCUT2D eigenvalue weighted by molar-refractivity contribution is -0.0500. The molecule has 1 saturated heterocycles. The van der Waals surface area contributed by atoms with Gasteiger partial charge in [-0.2, -0.15) is 8.78 Å². The maximum absolute atomic E-state index is 12.6. The summed E-state index contributed by atoms with van der Waals surface area (Å²) in [5.74, 6) is -0.313. The third kappa shape index (κ3) is 4.39. The number of hydrogen-bond acceptors (Lipinski definition) is 5. The minimum Gasteiger partial charge on any atom is -0.433 e.